The van der Waals surface area contributed by atoms with E-state index in [4.69, 9.17) is 18.0 Å². The molecule has 0 fully saturated rings. The van der Waals surface area contributed by atoms with E-state index in [-0.39, 0.29) is 5.82 Å². The molecule has 4 nitrogen and oxygen atoms in total. The molecule has 0 aliphatic rings. The van der Waals surface area contributed by atoms with Crippen LogP contribution in [0.3, 0.4) is 0 Å². The van der Waals surface area contributed by atoms with Crippen molar-refractivity contribution in [1.29, 1.82) is 0 Å². The molecule has 0 unspecified atom stereocenters. The van der Waals surface area contributed by atoms with Crippen LogP contribution in [0.5, 0.6) is 5.75 Å². The molecule has 0 aliphatic heterocycles. The van der Waals surface area contributed by atoms with Gasteiger partial charge in [0.15, 0.2) is 0 Å². The van der Waals surface area contributed by atoms with Gasteiger partial charge in [-0.1, -0.05) is 24.3 Å². The zero-order valence-corrected chi connectivity index (χ0v) is 16.0. The minimum absolute atomic E-state index is 0.258. The van der Waals surface area contributed by atoms with E-state index in [0.29, 0.717) is 32.2 Å². The Morgan fingerprint density at radius 3 is 2.00 bits per heavy atom. The smallest absolute Gasteiger partial charge is 0.489 e. The molecule has 0 heterocycles. The molecule has 2 aromatic carbocycles. The van der Waals surface area contributed by atoms with E-state index in [0.717, 1.165) is 10.8 Å². The van der Waals surface area contributed by atoms with Crippen molar-refractivity contribution in [1.82, 2.24) is 0 Å². The monoisotopic (exact) mass is 364 g/mol. The maximum atomic E-state index is 13.0. The Labute approximate surface area is 149 Å². The molecule has 0 amide bonds. The minimum atomic E-state index is -2.95. The molecule has 0 saturated carbocycles. The molecule has 0 N–H and O–H groups in total. The van der Waals surface area contributed by atoms with Gasteiger partial charge in [0.25, 0.3) is 0 Å². The molecule has 2 aromatic rings. The highest BCUT2D eigenvalue weighted by Crippen LogP contribution is 2.17. The molecule has 0 atom stereocenters. The molecule has 0 saturated heterocycles. The SMILES string of the molecule is CCO[Si](OCC)(OCC)c1cccc(OCc2ccc(F)cc2)c1. The topological polar surface area (TPSA) is 36.9 Å². The zero-order valence-electron chi connectivity index (χ0n) is 15.0. The average Bonchev–Trinajstić information content (AvgIpc) is 2.62. The van der Waals surface area contributed by atoms with E-state index in [1.165, 1.54) is 12.1 Å². The predicted molar refractivity (Wildman–Crippen MR) is 97.4 cm³/mol. The first-order valence-electron chi connectivity index (χ1n) is 8.53. The second kappa shape index (κ2) is 9.67. The van der Waals surface area contributed by atoms with Gasteiger partial charge in [-0.3, -0.25) is 0 Å². The summed E-state index contributed by atoms with van der Waals surface area (Å²) >= 11 is 0. The first kappa shape index (κ1) is 19.6. The van der Waals surface area contributed by atoms with E-state index < -0.39 is 8.80 Å². The Balaban J connectivity index is 2.18. The van der Waals surface area contributed by atoms with Gasteiger partial charge in [0, 0.05) is 25.0 Å². The predicted octanol–water partition coefficient (Wildman–Crippen LogP) is 3.66. The van der Waals surface area contributed by atoms with Crippen LogP contribution >= 0.6 is 0 Å². The summed E-state index contributed by atoms with van der Waals surface area (Å²) in [5.41, 5.74) is 0.898. The molecular weight excluding hydrogens is 339 g/mol. The fraction of sp³-hybridized carbons (Fsp3) is 0.368. The molecule has 6 heteroatoms. The molecule has 0 bridgehead atoms. The van der Waals surface area contributed by atoms with Crippen molar-refractivity contribution >= 4 is 14.0 Å². The van der Waals surface area contributed by atoms with Gasteiger partial charge in [-0.05, 0) is 50.6 Å². The van der Waals surface area contributed by atoms with Crippen LogP contribution in [0.4, 0.5) is 4.39 Å². The van der Waals surface area contributed by atoms with Gasteiger partial charge in [0.1, 0.15) is 18.2 Å². The average molecular weight is 364 g/mol. The molecule has 0 aliphatic carbocycles. The first-order valence-corrected chi connectivity index (χ1v) is 10.3. The maximum Gasteiger partial charge on any atom is 0.537 e. The van der Waals surface area contributed by atoms with Gasteiger partial charge in [-0.2, -0.15) is 0 Å². The molecule has 0 aromatic heterocycles. The highest BCUT2D eigenvalue weighted by Gasteiger charge is 2.43. The third kappa shape index (κ3) is 5.37. The first-order chi connectivity index (χ1) is 12.1. The highest BCUT2D eigenvalue weighted by atomic mass is 28.4. The van der Waals surface area contributed by atoms with Crippen molar-refractivity contribution in [3.63, 3.8) is 0 Å². The summed E-state index contributed by atoms with van der Waals surface area (Å²) in [6.45, 7) is 7.65. The lowest BCUT2D eigenvalue weighted by Crippen LogP contribution is -2.56. The van der Waals surface area contributed by atoms with Crippen LogP contribution < -0.4 is 9.92 Å². The van der Waals surface area contributed by atoms with Gasteiger partial charge in [0.2, 0.25) is 0 Å². The number of hydrogen-bond donors (Lipinski definition) is 0. The van der Waals surface area contributed by atoms with Gasteiger partial charge in [0.05, 0.1) is 0 Å². The molecule has 0 radical (unpaired) electrons. The van der Waals surface area contributed by atoms with Crippen LogP contribution in [0.25, 0.3) is 0 Å². The maximum absolute atomic E-state index is 13.0. The van der Waals surface area contributed by atoms with E-state index in [2.05, 4.69) is 0 Å². The number of ether oxygens (including phenoxy) is 1. The van der Waals surface area contributed by atoms with Crippen molar-refractivity contribution < 1.29 is 22.4 Å². The van der Waals surface area contributed by atoms with E-state index in [9.17, 15) is 4.39 Å². The Morgan fingerprint density at radius 1 is 0.840 bits per heavy atom. The molecular formula is C19H25FO4Si. The van der Waals surface area contributed by atoms with Crippen molar-refractivity contribution in [2.75, 3.05) is 19.8 Å². The minimum Gasteiger partial charge on any atom is -0.489 e. The zero-order chi connectivity index (χ0) is 18.1. The summed E-state index contributed by atoms with van der Waals surface area (Å²) in [7, 11) is -2.95. The van der Waals surface area contributed by atoms with E-state index in [1.807, 2.05) is 45.0 Å². The van der Waals surface area contributed by atoms with Crippen LogP contribution in [-0.2, 0) is 19.9 Å². The van der Waals surface area contributed by atoms with E-state index >= 15 is 0 Å². The van der Waals surface area contributed by atoms with Crippen molar-refractivity contribution in [2.45, 2.75) is 27.4 Å². The highest BCUT2D eigenvalue weighted by molar-refractivity contribution is 6.75. The van der Waals surface area contributed by atoms with Gasteiger partial charge in [-0.15, -0.1) is 0 Å². The quantitative estimate of drug-likeness (QED) is 0.603. The van der Waals surface area contributed by atoms with Crippen LogP contribution in [-0.4, -0.2) is 28.6 Å². The number of rotatable bonds is 10. The van der Waals surface area contributed by atoms with Gasteiger partial charge >= 0.3 is 8.80 Å². The fourth-order valence-corrected chi connectivity index (χ4v) is 4.98. The summed E-state index contributed by atoms with van der Waals surface area (Å²) in [5.74, 6) is 0.435. The summed E-state index contributed by atoms with van der Waals surface area (Å²) in [4.78, 5) is 0. The standard InChI is InChI=1S/C19H25FO4Si/c1-4-22-25(23-5-2,24-6-3)19-9-7-8-18(14-19)21-15-16-10-12-17(20)13-11-16/h7-14H,4-6,15H2,1-3H3. The van der Waals surface area contributed by atoms with Gasteiger partial charge in [-0.25, -0.2) is 4.39 Å². The molecule has 0 spiro atoms. The number of benzene rings is 2. The van der Waals surface area contributed by atoms with Crippen LogP contribution in [0.2, 0.25) is 0 Å². The Bertz CT molecular complexity index is 631. The fourth-order valence-electron chi connectivity index (χ4n) is 2.47. The molecule has 2 rings (SSSR count). The van der Waals surface area contributed by atoms with Crippen molar-refractivity contribution in [3.8, 4) is 5.75 Å². The van der Waals surface area contributed by atoms with Crippen molar-refractivity contribution in [2.24, 2.45) is 0 Å². The second-order valence-corrected chi connectivity index (χ2v) is 7.85. The van der Waals surface area contributed by atoms with Crippen LogP contribution in [0.15, 0.2) is 48.5 Å². The lowest BCUT2D eigenvalue weighted by Gasteiger charge is -2.28. The van der Waals surface area contributed by atoms with Crippen molar-refractivity contribution in [3.05, 3.63) is 59.9 Å². The summed E-state index contributed by atoms with van der Waals surface area (Å²) in [6.07, 6.45) is 0. The summed E-state index contributed by atoms with van der Waals surface area (Å²) < 4.78 is 36.6. The third-order valence-corrected chi connectivity index (χ3v) is 6.53. The normalized spacial score (nSPS) is 11.5. The molecule has 25 heavy (non-hydrogen) atoms. The van der Waals surface area contributed by atoms with Crippen LogP contribution in [0, 0.1) is 5.82 Å². The lowest BCUT2D eigenvalue weighted by atomic mass is 10.2. The Hall–Kier alpha value is -1.73. The largest absolute Gasteiger partial charge is 0.537 e. The lowest BCUT2D eigenvalue weighted by molar-refractivity contribution is 0.0858. The molecule has 136 valence electrons. The number of halogens is 1. The van der Waals surface area contributed by atoms with Gasteiger partial charge < -0.3 is 18.0 Å². The summed E-state index contributed by atoms with van der Waals surface area (Å²) in [5, 5.41) is 0.870. The Morgan fingerprint density at radius 2 is 1.44 bits per heavy atom. The third-order valence-electron chi connectivity index (χ3n) is 3.51. The Kier molecular flexibility index (Phi) is 7.58. The number of hydrogen-bond acceptors (Lipinski definition) is 4. The van der Waals surface area contributed by atoms with Crippen LogP contribution in [0.1, 0.15) is 26.3 Å². The van der Waals surface area contributed by atoms with E-state index in [1.54, 1.807) is 12.1 Å². The second-order valence-electron chi connectivity index (χ2n) is 5.30. The summed E-state index contributed by atoms with van der Waals surface area (Å²) in [6, 6.07) is 13.9.